The standard InChI is InChI=1S/C9H18N2O3/c1-9(2,3)6-10-8(14)11(4)5-7(12)13/h5-6H2,1-4H3,(H,10,14)(H,12,13). The summed E-state index contributed by atoms with van der Waals surface area (Å²) in [6.07, 6.45) is 0. The van der Waals surface area contributed by atoms with Crippen LogP contribution in [0.15, 0.2) is 0 Å². The van der Waals surface area contributed by atoms with E-state index in [1.165, 1.54) is 7.05 Å². The quantitative estimate of drug-likeness (QED) is 0.709. The summed E-state index contributed by atoms with van der Waals surface area (Å²) in [6.45, 7) is 6.21. The second-order valence-electron chi connectivity index (χ2n) is 4.47. The summed E-state index contributed by atoms with van der Waals surface area (Å²) in [4.78, 5) is 22.7. The minimum absolute atomic E-state index is 0.000274. The van der Waals surface area contributed by atoms with Crippen LogP contribution in [0.3, 0.4) is 0 Å². The smallest absolute Gasteiger partial charge is 0.323 e. The first-order valence-corrected chi connectivity index (χ1v) is 4.43. The molecule has 0 aromatic heterocycles. The molecule has 0 atom stereocenters. The number of rotatable bonds is 3. The third-order valence-corrected chi connectivity index (χ3v) is 1.49. The highest BCUT2D eigenvalue weighted by molar-refractivity contribution is 5.79. The van der Waals surface area contributed by atoms with Crippen LogP contribution in [0.1, 0.15) is 20.8 Å². The normalized spacial score (nSPS) is 10.9. The van der Waals surface area contributed by atoms with Crippen molar-refractivity contribution in [1.82, 2.24) is 10.2 Å². The predicted octanol–water partition coefficient (Wildman–Crippen LogP) is 0.758. The van der Waals surface area contributed by atoms with Gasteiger partial charge in [-0.1, -0.05) is 20.8 Å². The van der Waals surface area contributed by atoms with Gasteiger partial charge in [0.1, 0.15) is 6.54 Å². The maximum absolute atomic E-state index is 11.3. The summed E-state index contributed by atoms with van der Waals surface area (Å²) in [7, 11) is 1.45. The van der Waals surface area contributed by atoms with Gasteiger partial charge in [-0.25, -0.2) is 4.79 Å². The van der Waals surface area contributed by atoms with Gasteiger partial charge in [-0.3, -0.25) is 4.79 Å². The third-order valence-electron chi connectivity index (χ3n) is 1.49. The Bertz CT molecular complexity index is 221. The van der Waals surface area contributed by atoms with Crippen molar-refractivity contribution in [2.75, 3.05) is 20.1 Å². The Morgan fingerprint density at radius 3 is 2.21 bits per heavy atom. The van der Waals surface area contributed by atoms with Crippen molar-refractivity contribution in [1.29, 1.82) is 0 Å². The molecule has 0 rings (SSSR count). The molecule has 0 aromatic carbocycles. The molecule has 5 nitrogen and oxygen atoms in total. The van der Waals surface area contributed by atoms with E-state index in [2.05, 4.69) is 5.32 Å². The lowest BCUT2D eigenvalue weighted by atomic mass is 9.97. The summed E-state index contributed by atoms with van der Waals surface area (Å²) in [5.41, 5.74) is -0.000274. The molecule has 0 aliphatic rings. The van der Waals surface area contributed by atoms with Crippen LogP contribution < -0.4 is 5.32 Å². The van der Waals surface area contributed by atoms with Gasteiger partial charge in [0.05, 0.1) is 0 Å². The number of nitrogens with one attached hydrogen (secondary N) is 1. The zero-order chi connectivity index (χ0) is 11.4. The van der Waals surface area contributed by atoms with Gasteiger partial charge >= 0.3 is 12.0 Å². The van der Waals surface area contributed by atoms with Gasteiger partial charge in [0.2, 0.25) is 0 Å². The molecule has 0 aliphatic heterocycles. The van der Waals surface area contributed by atoms with Crippen molar-refractivity contribution in [3.05, 3.63) is 0 Å². The largest absolute Gasteiger partial charge is 0.480 e. The Balaban J connectivity index is 3.91. The summed E-state index contributed by atoms with van der Waals surface area (Å²) in [6, 6.07) is -0.359. The lowest BCUT2D eigenvalue weighted by Gasteiger charge is -2.21. The zero-order valence-electron chi connectivity index (χ0n) is 9.13. The van der Waals surface area contributed by atoms with Gasteiger partial charge in [-0.05, 0) is 5.41 Å². The van der Waals surface area contributed by atoms with Crippen LogP contribution in [0.5, 0.6) is 0 Å². The van der Waals surface area contributed by atoms with E-state index < -0.39 is 5.97 Å². The van der Waals surface area contributed by atoms with Gasteiger partial charge in [-0.15, -0.1) is 0 Å². The van der Waals surface area contributed by atoms with Crippen molar-refractivity contribution >= 4 is 12.0 Å². The molecule has 0 spiro atoms. The van der Waals surface area contributed by atoms with Crippen molar-refractivity contribution in [2.45, 2.75) is 20.8 Å². The molecule has 0 bridgehead atoms. The molecule has 0 radical (unpaired) electrons. The second-order valence-corrected chi connectivity index (χ2v) is 4.47. The van der Waals surface area contributed by atoms with Gasteiger partial charge in [0.25, 0.3) is 0 Å². The Labute approximate surface area is 84.1 Å². The van der Waals surface area contributed by atoms with E-state index in [-0.39, 0.29) is 18.0 Å². The van der Waals surface area contributed by atoms with E-state index in [1.54, 1.807) is 0 Å². The maximum atomic E-state index is 11.3. The summed E-state index contributed by atoms with van der Waals surface area (Å²) >= 11 is 0. The van der Waals surface area contributed by atoms with Crippen molar-refractivity contribution in [3.8, 4) is 0 Å². The number of carbonyl (C=O) groups is 2. The molecule has 82 valence electrons. The fraction of sp³-hybridized carbons (Fsp3) is 0.778. The summed E-state index contributed by atoms with van der Waals surface area (Å²) in [5, 5.41) is 11.1. The van der Waals surface area contributed by atoms with E-state index in [0.717, 1.165) is 4.90 Å². The molecule has 0 heterocycles. The number of carbonyl (C=O) groups excluding carboxylic acids is 1. The number of hydrogen-bond acceptors (Lipinski definition) is 2. The molecular formula is C9H18N2O3. The first-order valence-electron chi connectivity index (χ1n) is 4.43. The number of urea groups is 1. The van der Waals surface area contributed by atoms with Crippen LogP contribution in [0.25, 0.3) is 0 Å². The van der Waals surface area contributed by atoms with Crippen LogP contribution in [-0.4, -0.2) is 42.1 Å². The Hall–Kier alpha value is -1.26. The van der Waals surface area contributed by atoms with Gasteiger partial charge in [0.15, 0.2) is 0 Å². The van der Waals surface area contributed by atoms with E-state index in [9.17, 15) is 9.59 Å². The van der Waals surface area contributed by atoms with Crippen molar-refractivity contribution in [2.24, 2.45) is 5.41 Å². The molecule has 2 N–H and O–H groups in total. The molecule has 0 fully saturated rings. The molecular weight excluding hydrogens is 184 g/mol. The molecule has 0 saturated carbocycles. The van der Waals surface area contributed by atoms with Gasteiger partial charge < -0.3 is 15.3 Å². The van der Waals surface area contributed by atoms with Crippen LogP contribution in [0.2, 0.25) is 0 Å². The lowest BCUT2D eigenvalue weighted by Crippen LogP contribution is -2.43. The monoisotopic (exact) mass is 202 g/mol. The molecule has 0 aromatic rings. The van der Waals surface area contributed by atoms with Crippen LogP contribution in [0.4, 0.5) is 4.79 Å². The van der Waals surface area contributed by atoms with Crippen molar-refractivity contribution < 1.29 is 14.7 Å². The number of hydrogen-bond donors (Lipinski definition) is 2. The van der Waals surface area contributed by atoms with E-state index in [4.69, 9.17) is 5.11 Å². The van der Waals surface area contributed by atoms with Crippen molar-refractivity contribution in [3.63, 3.8) is 0 Å². The number of amides is 2. The maximum Gasteiger partial charge on any atom is 0.323 e. The summed E-state index contributed by atoms with van der Waals surface area (Å²) < 4.78 is 0. The third kappa shape index (κ3) is 6.28. The first kappa shape index (κ1) is 12.7. The average Bonchev–Trinajstić information content (AvgIpc) is 1.97. The topological polar surface area (TPSA) is 69.6 Å². The minimum atomic E-state index is -1.02. The van der Waals surface area contributed by atoms with E-state index >= 15 is 0 Å². The molecule has 2 amide bonds. The molecule has 5 heteroatoms. The molecule has 0 unspecified atom stereocenters. The van der Waals surface area contributed by atoms with Crippen LogP contribution >= 0.6 is 0 Å². The number of carboxylic acid groups (broad SMARTS) is 1. The van der Waals surface area contributed by atoms with E-state index in [1.807, 2.05) is 20.8 Å². The minimum Gasteiger partial charge on any atom is -0.480 e. The first-order chi connectivity index (χ1) is 6.22. The van der Waals surface area contributed by atoms with Crippen LogP contribution in [0, 0.1) is 5.41 Å². The number of likely N-dealkylation sites (N-methyl/N-ethyl adjacent to an activating group) is 1. The van der Waals surface area contributed by atoms with Crippen LogP contribution in [-0.2, 0) is 4.79 Å². The highest BCUT2D eigenvalue weighted by atomic mass is 16.4. The fourth-order valence-electron chi connectivity index (χ4n) is 0.750. The molecule has 14 heavy (non-hydrogen) atoms. The van der Waals surface area contributed by atoms with Gasteiger partial charge in [-0.2, -0.15) is 0 Å². The highest BCUT2D eigenvalue weighted by Crippen LogP contribution is 2.10. The second kappa shape index (κ2) is 4.83. The molecule has 0 aliphatic carbocycles. The molecule has 0 saturated heterocycles. The summed E-state index contributed by atoms with van der Waals surface area (Å²) in [5.74, 6) is -1.02. The number of aliphatic carboxylic acids is 1. The zero-order valence-corrected chi connectivity index (χ0v) is 9.13. The van der Waals surface area contributed by atoms with E-state index in [0.29, 0.717) is 6.54 Å². The Morgan fingerprint density at radius 1 is 1.36 bits per heavy atom. The highest BCUT2D eigenvalue weighted by Gasteiger charge is 2.15. The predicted molar refractivity (Wildman–Crippen MR) is 53.1 cm³/mol. The number of carboxylic acids is 1. The lowest BCUT2D eigenvalue weighted by molar-refractivity contribution is -0.137. The average molecular weight is 202 g/mol. The SMILES string of the molecule is CN(CC(=O)O)C(=O)NCC(C)(C)C. The fourth-order valence-corrected chi connectivity index (χ4v) is 0.750. The Kier molecular flexibility index (Phi) is 4.40. The van der Waals surface area contributed by atoms with Gasteiger partial charge in [0, 0.05) is 13.6 Å². The Morgan fingerprint density at radius 2 is 1.86 bits per heavy atom. The number of nitrogens with zero attached hydrogens (tertiary/aromatic N) is 1.